The molecule has 2 aromatic heterocycles. The van der Waals surface area contributed by atoms with E-state index in [1.807, 2.05) is 4.68 Å². The van der Waals surface area contributed by atoms with Gasteiger partial charge >= 0.3 is 0 Å². The highest BCUT2D eigenvalue weighted by Crippen LogP contribution is 2.29. The number of halogens is 1. The molecule has 3 N–H and O–H groups in total. The predicted molar refractivity (Wildman–Crippen MR) is 107 cm³/mol. The van der Waals surface area contributed by atoms with Crippen molar-refractivity contribution in [2.45, 2.75) is 25.6 Å². The van der Waals surface area contributed by atoms with E-state index in [1.54, 1.807) is 18.3 Å². The summed E-state index contributed by atoms with van der Waals surface area (Å²) in [5, 5.41) is 29.7. The Balaban J connectivity index is 1.65. The Morgan fingerprint density at radius 2 is 2.07 bits per heavy atom. The first-order chi connectivity index (χ1) is 14.2. The molecule has 0 bridgehead atoms. The number of anilines is 2. The lowest BCUT2D eigenvalue weighted by Crippen LogP contribution is -2.24. The molecule has 1 aliphatic heterocycles. The zero-order valence-corrected chi connectivity index (χ0v) is 15.8. The summed E-state index contributed by atoms with van der Waals surface area (Å²) in [6.45, 7) is 3.78. The Morgan fingerprint density at radius 3 is 2.86 bits per heavy atom. The van der Waals surface area contributed by atoms with Gasteiger partial charge in [-0.3, -0.25) is 15.0 Å². The Bertz CT molecular complexity index is 1040. The maximum absolute atomic E-state index is 13.9. The fourth-order valence-corrected chi connectivity index (χ4v) is 3.67. The summed E-state index contributed by atoms with van der Waals surface area (Å²) < 4.78 is 15.8. The van der Waals surface area contributed by atoms with Gasteiger partial charge in [-0.2, -0.15) is 10.4 Å². The summed E-state index contributed by atoms with van der Waals surface area (Å²) in [5.74, 6) is 0.122. The number of aliphatic hydroxyl groups excluding tert-OH is 1. The molecule has 9 heteroatoms. The molecule has 0 spiro atoms. The molecular formula is C20H22FN7O. The molecule has 1 fully saturated rings. The number of nitrogens with one attached hydrogen (secondary N) is 2. The van der Waals surface area contributed by atoms with Gasteiger partial charge in [-0.1, -0.05) is 0 Å². The molecule has 0 aliphatic carbocycles. The molecule has 4 rings (SSSR count). The number of hydrogen-bond acceptors (Lipinski definition) is 7. The molecule has 1 atom stereocenters. The molecule has 0 amide bonds. The van der Waals surface area contributed by atoms with E-state index in [9.17, 15) is 9.50 Å². The molecule has 1 saturated heterocycles. The number of rotatable bonds is 7. The molecule has 1 unspecified atom stereocenters. The van der Waals surface area contributed by atoms with E-state index in [0.717, 1.165) is 25.2 Å². The number of fused-ring (bicyclic) bond motifs is 1. The summed E-state index contributed by atoms with van der Waals surface area (Å²) in [5.41, 5.74) is 1.75. The third-order valence-corrected chi connectivity index (χ3v) is 5.14. The largest absolute Gasteiger partial charge is 0.369 e. The van der Waals surface area contributed by atoms with Crippen LogP contribution in [0.1, 0.15) is 24.6 Å². The van der Waals surface area contributed by atoms with E-state index in [-0.39, 0.29) is 5.82 Å². The van der Waals surface area contributed by atoms with Crippen molar-refractivity contribution in [3.05, 3.63) is 48.0 Å². The fourth-order valence-electron chi connectivity index (χ4n) is 3.67. The Kier molecular flexibility index (Phi) is 5.55. The van der Waals surface area contributed by atoms with Crippen molar-refractivity contribution >= 4 is 22.4 Å². The van der Waals surface area contributed by atoms with Crippen molar-refractivity contribution < 1.29 is 9.50 Å². The monoisotopic (exact) mass is 395 g/mol. The van der Waals surface area contributed by atoms with Gasteiger partial charge in [-0.05, 0) is 50.2 Å². The highest BCUT2D eigenvalue weighted by molar-refractivity contribution is 5.92. The first-order valence-electron chi connectivity index (χ1n) is 9.58. The van der Waals surface area contributed by atoms with Crippen molar-refractivity contribution in [2.75, 3.05) is 25.0 Å². The Labute approximate surface area is 167 Å². The number of aromatic nitrogens is 3. The normalized spacial score (nSPS) is 15.3. The average molecular weight is 395 g/mol. The first-order valence-corrected chi connectivity index (χ1v) is 9.58. The van der Waals surface area contributed by atoms with Gasteiger partial charge in [0.15, 0.2) is 18.2 Å². The molecule has 29 heavy (non-hydrogen) atoms. The third-order valence-electron chi connectivity index (χ3n) is 5.14. The van der Waals surface area contributed by atoms with Crippen LogP contribution in [0.2, 0.25) is 0 Å². The quantitative estimate of drug-likeness (QED) is 0.321. The number of aliphatic hydroxyl groups is 1. The van der Waals surface area contributed by atoms with Gasteiger partial charge in [0.25, 0.3) is 0 Å². The highest BCUT2D eigenvalue weighted by Gasteiger charge is 2.17. The fraction of sp³-hybridized carbons (Fsp3) is 0.350. The van der Waals surface area contributed by atoms with Crippen molar-refractivity contribution in [1.29, 1.82) is 5.26 Å². The molecule has 3 aromatic rings. The molecule has 1 aliphatic rings. The standard InChI is InChI=1S/C20H22FN7O/c21-14-3-4-18-16(11-14)19(26-28(18)10-9-27-7-1-2-8-27)25-17-12-23-6-5-15(17)20(29)24-13-22/h3-6,11-12,20,24,29H,1-2,7-10H2,(H,25,26). The van der Waals surface area contributed by atoms with E-state index in [0.29, 0.717) is 29.0 Å². The van der Waals surface area contributed by atoms with Crippen LogP contribution >= 0.6 is 0 Å². The number of pyridine rings is 1. The summed E-state index contributed by atoms with van der Waals surface area (Å²) in [4.78, 5) is 6.47. The maximum atomic E-state index is 13.9. The van der Waals surface area contributed by atoms with Crippen LogP contribution in [0.3, 0.4) is 0 Å². The second kappa shape index (κ2) is 8.43. The van der Waals surface area contributed by atoms with Gasteiger partial charge in [-0.25, -0.2) is 4.39 Å². The zero-order valence-electron chi connectivity index (χ0n) is 15.8. The molecule has 1 aromatic carbocycles. The second-order valence-corrected chi connectivity index (χ2v) is 7.03. The highest BCUT2D eigenvalue weighted by atomic mass is 19.1. The van der Waals surface area contributed by atoms with Crippen LogP contribution in [-0.2, 0) is 6.54 Å². The summed E-state index contributed by atoms with van der Waals surface area (Å²) in [6.07, 6.45) is 6.03. The maximum Gasteiger partial charge on any atom is 0.178 e. The van der Waals surface area contributed by atoms with E-state index in [1.165, 1.54) is 37.4 Å². The number of nitrogens with zero attached hydrogens (tertiary/aromatic N) is 5. The van der Waals surface area contributed by atoms with Crippen molar-refractivity contribution in [2.24, 2.45) is 0 Å². The van der Waals surface area contributed by atoms with Crippen molar-refractivity contribution in [3.8, 4) is 6.19 Å². The second-order valence-electron chi connectivity index (χ2n) is 7.03. The molecule has 8 nitrogen and oxygen atoms in total. The van der Waals surface area contributed by atoms with Crippen LogP contribution < -0.4 is 10.6 Å². The van der Waals surface area contributed by atoms with Crippen LogP contribution in [0.15, 0.2) is 36.7 Å². The van der Waals surface area contributed by atoms with Crippen molar-refractivity contribution in [1.82, 2.24) is 25.0 Å². The number of benzene rings is 1. The van der Waals surface area contributed by atoms with Gasteiger partial charge in [0.05, 0.1) is 23.9 Å². The van der Waals surface area contributed by atoms with Gasteiger partial charge in [0.1, 0.15) is 5.82 Å². The van der Waals surface area contributed by atoms with Gasteiger partial charge in [0.2, 0.25) is 0 Å². The van der Waals surface area contributed by atoms with Crippen LogP contribution in [0.25, 0.3) is 10.9 Å². The first kappa shape index (κ1) is 19.1. The SMILES string of the molecule is N#CNC(O)c1ccncc1Nc1nn(CCN2CCCC2)c2ccc(F)cc12. The van der Waals surface area contributed by atoms with Crippen LogP contribution in [-0.4, -0.2) is 44.4 Å². The molecule has 0 saturated carbocycles. The summed E-state index contributed by atoms with van der Waals surface area (Å²) >= 11 is 0. The summed E-state index contributed by atoms with van der Waals surface area (Å²) in [6, 6.07) is 6.20. The van der Waals surface area contributed by atoms with Crippen LogP contribution in [0.5, 0.6) is 0 Å². The van der Waals surface area contributed by atoms with Gasteiger partial charge < -0.3 is 15.3 Å². The molecule has 150 valence electrons. The number of likely N-dealkylation sites (tertiary alicyclic amines) is 1. The minimum absolute atomic E-state index is 0.350. The topological polar surface area (TPSA) is 102 Å². The van der Waals surface area contributed by atoms with Crippen LogP contribution in [0, 0.1) is 17.3 Å². The van der Waals surface area contributed by atoms with Gasteiger partial charge in [-0.15, -0.1) is 0 Å². The van der Waals surface area contributed by atoms with Crippen LogP contribution in [0.4, 0.5) is 15.9 Å². The van der Waals surface area contributed by atoms with E-state index < -0.39 is 6.23 Å². The molecular weight excluding hydrogens is 373 g/mol. The lowest BCUT2D eigenvalue weighted by Gasteiger charge is -2.15. The summed E-state index contributed by atoms with van der Waals surface area (Å²) in [7, 11) is 0. The third kappa shape index (κ3) is 4.13. The minimum atomic E-state index is -1.19. The number of hydrogen-bond donors (Lipinski definition) is 3. The minimum Gasteiger partial charge on any atom is -0.369 e. The van der Waals surface area contributed by atoms with E-state index in [4.69, 9.17) is 5.26 Å². The number of nitriles is 1. The van der Waals surface area contributed by atoms with E-state index in [2.05, 4.69) is 25.6 Å². The van der Waals surface area contributed by atoms with E-state index >= 15 is 0 Å². The zero-order chi connectivity index (χ0) is 20.2. The van der Waals surface area contributed by atoms with Crippen molar-refractivity contribution in [3.63, 3.8) is 0 Å². The average Bonchev–Trinajstić information content (AvgIpc) is 3.35. The smallest absolute Gasteiger partial charge is 0.178 e. The lowest BCUT2D eigenvalue weighted by atomic mass is 10.2. The lowest BCUT2D eigenvalue weighted by molar-refractivity contribution is 0.159. The Morgan fingerprint density at radius 1 is 1.24 bits per heavy atom. The molecule has 0 radical (unpaired) electrons. The Hall–Kier alpha value is -3.22. The molecule has 3 heterocycles. The predicted octanol–water partition coefficient (Wildman–Crippen LogP) is 2.47. The van der Waals surface area contributed by atoms with Gasteiger partial charge in [0, 0.05) is 23.7 Å².